The van der Waals surface area contributed by atoms with Crippen LogP contribution in [0.25, 0.3) is 17.4 Å². The minimum absolute atomic E-state index is 0.0198. The van der Waals surface area contributed by atoms with Crippen LogP contribution in [-0.4, -0.2) is 17.3 Å². The van der Waals surface area contributed by atoms with Gasteiger partial charge in [-0.05, 0) is 67.6 Å². The Morgan fingerprint density at radius 2 is 1.78 bits per heavy atom. The molecular formula is C21H17NO5. The number of hydrogen-bond donors (Lipinski definition) is 0. The molecule has 1 aromatic heterocycles. The summed E-state index contributed by atoms with van der Waals surface area (Å²) < 4.78 is 11.0. The molecule has 6 heteroatoms. The van der Waals surface area contributed by atoms with Gasteiger partial charge in [-0.2, -0.15) is 0 Å². The second-order valence-electron chi connectivity index (χ2n) is 5.66. The maximum atomic E-state index is 12.2. The molecule has 3 aromatic rings. The average Bonchev–Trinajstić information content (AvgIpc) is 3.16. The quantitative estimate of drug-likeness (QED) is 0.251. The van der Waals surface area contributed by atoms with E-state index in [1.54, 1.807) is 54.6 Å². The van der Waals surface area contributed by atoms with Crippen LogP contribution in [0.2, 0.25) is 0 Å². The molecule has 0 aliphatic carbocycles. The third kappa shape index (κ3) is 4.49. The number of hydrogen-bond acceptors (Lipinski definition) is 5. The summed E-state index contributed by atoms with van der Waals surface area (Å²) in [4.78, 5) is 22.5. The number of carbonyl (C=O) groups is 1. The van der Waals surface area contributed by atoms with Crippen LogP contribution in [0.5, 0.6) is 5.75 Å². The lowest BCUT2D eigenvalue weighted by Gasteiger charge is -2.02. The molecule has 0 saturated carbocycles. The molecule has 0 radical (unpaired) electrons. The van der Waals surface area contributed by atoms with Crippen LogP contribution in [0.3, 0.4) is 0 Å². The van der Waals surface area contributed by atoms with Crippen molar-refractivity contribution in [1.82, 2.24) is 0 Å². The van der Waals surface area contributed by atoms with E-state index in [9.17, 15) is 14.9 Å². The van der Waals surface area contributed by atoms with Gasteiger partial charge in [0.15, 0.2) is 5.78 Å². The number of nitro benzene ring substituents is 1. The van der Waals surface area contributed by atoms with Crippen molar-refractivity contribution in [2.45, 2.75) is 6.92 Å². The Morgan fingerprint density at radius 3 is 2.41 bits per heavy atom. The first-order valence-corrected chi connectivity index (χ1v) is 8.37. The zero-order valence-electron chi connectivity index (χ0n) is 14.6. The number of carbonyl (C=O) groups excluding carboxylic acids is 1. The van der Waals surface area contributed by atoms with Gasteiger partial charge in [0, 0.05) is 23.3 Å². The summed E-state index contributed by atoms with van der Waals surface area (Å²) in [5, 5.41) is 10.7. The van der Waals surface area contributed by atoms with Crippen molar-refractivity contribution in [3.05, 3.63) is 88.2 Å². The Bertz CT molecular complexity index is 969. The zero-order valence-corrected chi connectivity index (χ0v) is 14.6. The first kappa shape index (κ1) is 18.1. The molecule has 0 spiro atoms. The normalized spacial score (nSPS) is 10.9. The summed E-state index contributed by atoms with van der Waals surface area (Å²) >= 11 is 0. The van der Waals surface area contributed by atoms with Crippen molar-refractivity contribution < 1.29 is 18.9 Å². The number of furan rings is 1. The number of nitro groups is 1. The lowest BCUT2D eigenvalue weighted by molar-refractivity contribution is -0.384. The summed E-state index contributed by atoms with van der Waals surface area (Å²) in [5.41, 5.74) is 1.29. The van der Waals surface area contributed by atoms with Crippen molar-refractivity contribution in [3.63, 3.8) is 0 Å². The van der Waals surface area contributed by atoms with Crippen LogP contribution in [-0.2, 0) is 0 Å². The van der Waals surface area contributed by atoms with Crippen LogP contribution in [0.1, 0.15) is 23.0 Å². The number of ether oxygens (including phenoxy) is 1. The molecule has 1 heterocycles. The monoisotopic (exact) mass is 363 g/mol. The highest BCUT2D eigenvalue weighted by Gasteiger charge is 2.08. The number of nitrogens with zero attached hydrogens (tertiary/aromatic N) is 1. The van der Waals surface area contributed by atoms with Crippen molar-refractivity contribution in [1.29, 1.82) is 0 Å². The molecule has 27 heavy (non-hydrogen) atoms. The smallest absolute Gasteiger partial charge is 0.269 e. The van der Waals surface area contributed by atoms with Gasteiger partial charge in [-0.1, -0.05) is 0 Å². The molecule has 0 aliphatic rings. The second kappa shape index (κ2) is 8.14. The predicted octanol–water partition coefficient (Wildman–Crippen LogP) is 5.15. The topological polar surface area (TPSA) is 82.6 Å². The molecule has 0 unspecified atom stereocenters. The number of benzene rings is 2. The van der Waals surface area contributed by atoms with Crippen molar-refractivity contribution >= 4 is 17.5 Å². The lowest BCUT2D eigenvalue weighted by Crippen LogP contribution is -1.95. The molecule has 0 amide bonds. The highest BCUT2D eigenvalue weighted by atomic mass is 16.6. The summed E-state index contributed by atoms with van der Waals surface area (Å²) in [6.07, 6.45) is 3.03. The molecule has 6 nitrogen and oxygen atoms in total. The summed E-state index contributed by atoms with van der Waals surface area (Å²) in [5.74, 6) is 1.66. The van der Waals surface area contributed by atoms with E-state index in [0.717, 1.165) is 11.3 Å². The molecule has 0 aliphatic heterocycles. The number of ketones is 1. The fourth-order valence-corrected chi connectivity index (χ4v) is 2.48. The van der Waals surface area contributed by atoms with Crippen LogP contribution in [0.15, 0.2) is 71.2 Å². The first-order valence-electron chi connectivity index (χ1n) is 8.37. The standard InChI is InChI=1S/C21H17NO5/c1-2-26-18-9-5-15(6-10-18)20(23)13-11-19-12-14-21(27-19)16-3-7-17(8-4-16)22(24)25/h3-14H,2H2,1H3/b13-11+. The Kier molecular flexibility index (Phi) is 5.47. The Morgan fingerprint density at radius 1 is 1.07 bits per heavy atom. The van der Waals surface area contributed by atoms with Crippen LogP contribution in [0.4, 0.5) is 5.69 Å². The third-order valence-corrected chi connectivity index (χ3v) is 3.84. The molecule has 0 fully saturated rings. The van der Waals surface area contributed by atoms with Crippen molar-refractivity contribution in [2.75, 3.05) is 6.61 Å². The van der Waals surface area contributed by atoms with Gasteiger partial charge in [-0.25, -0.2) is 0 Å². The summed E-state index contributed by atoms with van der Waals surface area (Å²) in [6, 6.07) is 16.5. The number of non-ortho nitro benzene ring substituents is 1. The molecule has 136 valence electrons. The van der Waals surface area contributed by atoms with Gasteiger partial charge < -0.3 is 9.15 Å². The molecule has 3 rings (SSSR count). The predicted molar refractivity (Wildman–Crippen MR) is 102 cm³/mol. The Balaban J connectivity index is 1.69. The van der Waals surface area contributed by atoms with Crippen molar-refractivity contribution in [3.8, 4) is 17.1 Å². The zero-order chi connectivity index (χ0) is 19.2. The van der Waals surface area contributed by atoms with E-state index >= 15 is 0 Å². The van der Waals surface area contributed by atoms with Gasteiger partial charge in [0.1, 0.15) is 17.3 Å². The number of allylic oxidation sites excluding steroid dienone is 1. The minimum Gasteiger partial charge on any atom is -0.494 e. The largest absolute Gasteiger partial charge is 0.494 e. The Labute approximate surface area is 155 Å². The van der Waals surface area contributed by atoms with Gasteiger partial charge in [-0.15, -0.1) is 0 Å². The molecule has 0 N–H and O–H groups in total. The van der Waals surface area contributed by atoms with Crippen LogP contribution >= 0.6 is 0 Å². The fourth-order valence-electron chi connectivity index (χ4n) is 2.48. The lowest BCUT2D eigenvalue weighted by atomic mass is 10.1. The van der Waals surface area contributed by atoms with E-state index in [4.69, 9.17) is 9.15 Å². The van der Waals surface area contributed by atoms with Crippen molar-refractivity contribution in [2.24, 2.45) is 0 Å². The molecule has 0 saturated heterocycles. The summed E-state index contributed by atoms with van der Waals surface area (Å²) in [6.45, 7) is 2.47. The highest BCUT2D eigenvalue weighted by Crippen LogP contribution is 2.25. The Hall–Kier alpha value is -3.67. The van der Waals surface area contributed by atoms with Crippen LogP contribution < -0.4 is 4.74 Å². The molecule has 0 atom stereocenters. The fraction of sp³-hybridized carbons (Fsp3) is 0.0952. The maximum absolute atomic E-state index is 12.2. The summed E-state index contributed by atoms with van der Waals surface area (Å²) in [7, 11) is 0. The van der Waals surface area contributed by atoms with Crippen LogP contribution in [0, 0.1) is 10.1 Å². The molecular weight excluding hydrogens is 346 g/mol. The van der Waals surface area contributed by atoms with E-state index in [-0.39, 0.29) is 11.5 Å². The maximum Gasteiger partial charge on any atom is 0.269 e. The van der Waals surface area contributed by atoms with Gasteiger partial charge in [-0.3, -0.25) is 14.9 Å². The van der Waals surface area contributed by atoms with Gasteiger partial charge in [0.05, 0.1) is 11.5 Å². The van der Waals surface area contributed by atoms with Gasteiger partial charge in [0.25, 0.3) is 5.69 Å². The van der Waals surface area contributed by atoms with E-state index in [0.29, 0.717) is 23.7 Å². The SMILES string of the molecule is CCOc1ccc(C(=O)/C=C/c2ccc(-c3ccc([N+](=O)[O-])cc3)o2)cc1. The minimum atomic E-state index is -0.452. The third-order valence-electron chi connectivity index (χ3n) is 3.84. The van der Waals surface area contributed by atoms with E-state index in [1.165, 1.54) is 18.2 Å². The van der Waals surface area contributed by atoms with E-state index in [2.05, 4.69) is 0 Å². The molecule has 2 aromatic carbocycles. The average molecular weight is 363 g/mol. The molecule has 0 bridgehead atoms. The van der Waals surface area contributed by atoms with E-state index in [1.807, 2.05) is 6.92 Å². The number of rotatable bonds is 7. The highest BCUT2D eigenvalue weighted by molar-refractivity contribution is 6.06. The first-order chi connectivity index (χ1) is 13.1. The van der Waals surface area contributed by atoms with E-state index < -0.39 is 4.92 Å². The second-order valence-corrected chi connectivity index (χ2v) is 5.66. The van der Waals surface area contributed by atoms with Gasteiger partial charge >= 0.3 is 0 Å². The van der Waals surface area contributed by atoms with Gasteiger partial charge in [0.2, 0.25) is 0 Å².